The Bertz CT molecular complexity index is 695. The van der Waals surface area contributed by atoms with Crippen LogP contribution in [0.5, 0.6) is 0 Å². The molecule has 4 heteroatoms. The van der Waals surface area contributed by atoms with Crippen LogP contribution in [0.2, 0.25) is 0 Å². The van der Waals surface area contributed by atoms with E-state index in [-0.39, 0.29) is 12.5 Å². The monoisotopic (exact) mass is 325 g/mol. The number of hydrogen-bond donors (Lipinski definition) is 1. The van der Waals surface area contributed by atoms with Crippen LogP contribution in [0.1, 0.15) is 33.5 Å². The number of aryl methyl sites for hydroxylation is 3. The van der Waals surface area contributed by atoms with Gasteiger partial charge >= 0.3 is 5.97 Å². The second-order valence-corrected chi connectivity index (χ2v) is 5.83. The van der Waals surface area contributed by atoms with Gasteiger partial charge in [-0.3, -0.25) is 4.79 Å². The summed E-state index contributed by atoms with van der Waals surface area (Å²) in [5.41, 5.74) is 3.58. The van der Waals surface area contributed by atoms with Crippen molar-refractivity contribution in [3.05, 3.63) is 70.8 Å². The smallest absolute Gasteiger partial charge is 0.338 e. The molecule has 0 saturated carbocycles. The maximum absolute atomic E-state index is 12.0. The van der Waals surface area contributed by atoms with E-state index < -0.39 is 5.97 Å². The van der Waals surface area contributed by atoms with E-state index in [1.807, 2.05) is 44.2 Å². The molecule has 2 aromatic rings. The third-order valence-electron chi connectivity index (χ3n) is 3.75. The van der Waals surface area contributed by atoms with Crippen molar-refractivity contribution in [2.45, 2.75) is 26.7 Å². The number of carbonyl (C=O) groups excluding carboxylic acids is 2. The third-order valence-corrected chi connectivity index (χ3v) is 3.75. The zero-order valence-electron chi connectivity index (χ0n) is 14.2. The zero-order chi connectivity index (χ0) is 17.4. The number of nitrogens with one attached hydrogen (secondary N) is 1. The second-order valence-electron chi connectivity index (χ2n) is 5.83. The minimum absolute atomic E-state index is 0.252. The van der Waals surface area contributed by atoms with Gasteiger partial charge in [0.05, 0.1) is 5.56 Å². The fourth-order valence-corrected chi connectivity index (χ4v) is 2.38. The Morgan fingerprint density at radius 2 is 1.79 bits per heavy atom. The van der Waals surface area contributed by atoms with Crippen LogP contribution in [-0.4, -0.2) is 25.0 Å². The maximum Gasteiger partial charge on any atom is 0.338 e. The summed E-state index contributed by atoms with van der Waals surface area (Å²) in [6.07, 6.45) is 1.75. The van der Waals surface area contributed by atoms with E-state index in [9.17, 15) is 9.59 Å². The van der Waals surface area contributed by atoms with Gasteiger partial charge in [0.2, 0.25) is 0 Å². The van der Waals surface area contributed by atoms with Crippen LogP contribution >= 0.6 is 0 Å². The first-order valence-corrected chi connectivity index (χ1v) is 8.11. The van der Waals surface area contributed by atoms with E-state index in [2.05, 4.69) is 17.4 Å². The first-order chi connectivity index (χ1) is 11.6. The highest BCUT2D eigenvalue weighted by atomic mass is 16.5. The summed E-state index contributed by atoms with van der Waals surface area (Å²) in [7, 11) is 0. The fourth-order valence-electron chi connectivity index (χ4n) is 2.38. The molecule has 4 nitrogen and oxygen atoms in total. The standard InChI is InChI=1S/C20H23NO3/c1-15-10-11-16(2)18(13-15)20(23)24-14-19(22)21-12-6-9-17-7-4-3-5-8-17/h3-5,7-8,10-11,13H,6,9,12,14H2,1-2H3,(H,21,22). The number of carbonyl (C=O) groups is 2. The topological polar surface area (TPSA) is 55.4 Å². The lowest BCUT2D eigenvalue weighted by Crippen LogP contribution is -2.30. The van der Waals surface area contributed by atoms with Gasteiger partial charge in [-0.05, 0) is 43.9 Å². The summed E-state index contributed by atoms with van der Waals surface area (Å²) in [6.45, 7) is 4.07. The van der Waals surface area contributed by atoms with Crippen molar-refractivity contribution >= 4 is 11.9 Å². The summed E-state index contributed by atoms with van der Waals surface area (Å²) in [6, 6.07) is 15.7. The molecule has 0 atom stereocenters. The first kappa shape index (κ1) is 17.7. The van der Waals surface area contributed by atoms with Crippen LogP contribution in [0, 0.1) is 13.8 Å². The SMILES string of the molecule is Cc1ccc(C)c(C(=O)OCC(=O)NCCCc2ccccc2)c1. The predicted molar refractivity (Wildman–Crippen MR) is 94.0 cm³/mol. The van der Waals surface area contributed by atoms with Gasteiger partial charge in [-0.1, -0.05) is 48.0 Å². The van der Waals surface area contributed by atoms with Crippen LogP contribution in [0.15, 0.2) is 48.5 Å². The lowest BCUT2D eigenvalue weighted by atomic mass is 10.1. The van der Waals surface area contributed by atoms with Gasteiger partial charge in [-0.15, -0.1) is 0 Å². The van der Waals surface area contributed by atoms with Gasteiger partial charge in [-0.2, -0.15) is 0 Å². The summed E-state index contributed by atoms with van der Waals surface area (Å²) in [5.74, 6) is -0.739. The fraction of sp³-hybridized carbons (Fsp3) is 0.300. The molecule has 0 aliphatic heterocycles. The Hall–Kier alpha value is -2.62. The third kappa shape index (κ3) is 5.54. The normalized spacial score (nSPS) is 10.2. The highest BCUT2D eigenvalue weighted by molar-refractivity contribution is 5.92. The number of ether oxygens (including phenoxy) is 1. The predicted octanol–water partition coefficient (Wildman–Crippen LogP) is 3.21. The molecule has 24 heavy (non-hydrogen) atoms. The van der Waals surface area contributed by atoms with Crippen molar-refractivity contribution in [1.29, 1.82) is 0 Å². The summed E-state index contributed by atoms with van der Waals surface area (Å²) < 4.78 is 5.09. The van der Waals surface area contributed by atoms with E-state index in [1.165, 1.54) is 5.56 Å². The molecular weight excluding hydrogens is 302 g/mol. The van der Waals surface area contributed by atoms with E-state index in [0.29, 0.717) is 12.1 Å². The molecule has 2 rings (SSSR count). The van der Waals surface area contributed by atoms with Gasteiger partial charge in [-0.25, -0.2) is 4.79 Å². The molecular formula is C20H23NO3. The summed E-state index contributed by atoms with van der Waals surface area (Å²) in [4.78, 5) is 23.8. The van der Waals surface area contributed by atoms with E-state index in [4.69, 9.17) is 4.74 Å². The molecule has 1 amide bonds. The summed E-state index contributed by atoms with van der Waals surface area (Å²) >= 11 is 0. The molecule has 0 aliphatic rings. The van der Waals surface area contributed by atoms with E-state index in [0.717, 1.165) is 24.0 Å². The maximum atomic E-state index is 12.0. The Morgan fingerprint density at radius 1 is 1.04 bits per heavy atom. The minimum Gasteiger partial charge on any atom is -0.452 e. The Labute approximate surface area is 142 Å². The number of benzene rings is 2. The van der Waals surface area contributed by atoms with Crippen molar-refractivity contribution < 1.29 is 14.3 Å². The van der Waals surface area contributed by atoms with Crippen LogP contribution in [0.3, 0.4) is 0 Å². The van der Waals surface area contributed by atoms with Gasteiger partial charge in [0.25, 0.3) is 5.91 Å². The molecule has 0 saturated heterocycles. The Balaban J connectivity index is 1.69. The highest BCUT2D eigenvalue weighted by Crippen LogP contribution is 2.11. The number of esters is 1. The molecule has 0 fully saturated rings. The van der Waals surface area contributed by atoms with Gasteiger partial charge in [0.1, 0.15) is 0 Å². The molecule has 0 aromatic heterocycles. The molecule has 0 bridgehead atoms. The average molecular weight is 325 g/mol. The first-order valence-electron chi connectivity index (χ1n) is 8.11. The molecule has 2 aromatic carbocycles. The van der Waals surface area contributed by atoms with Crippen molar-refractivity contribution in [3.8, 4) is 0 Å². The molecule has 0 heterocycles. The lowest BCUT2D eigenvalue weighted by molar-refractivity contribution is -0.124. The van der Waals surface area contributed by atoms with Gasteiger partial charge in [0.15, 0.2) is 6.61 Å². The van der Waals surface area contributed by atoms with E-state index in [1.54, 1.807) is 6.07 Å². The summed E-state index contributed by atoms with van der Waals surface area (Å²) in [5, 5.41) is 2.77. The van der Waals surface area contributed by atoms with Gasteiger partial charge in [0, 0.05) is 6.54 Å². The molecule has 0 spiro atoms. The molecule has 0 radical (unpaired) electrons. The number of hydrogen-bond acceptors (Lipinski definition) is 3. The zero-order valence-corrected chi connectivity index (χ0v) is 14.2. The van der Waals surface area contributed by atoms with Crippen LogP contribution in [0.25, 0.3) is 0 Å². The van der Waals surface area contributed by atoms with Crippen molar-refractivity contribution in [2.75, 3.05) is 13.2 Å². The van der Waals surface area contributed by atoms with Crippen molar-refractivity contribution in [1.82, 2.24) is 5.32 Å². The van der Waals surface area contributed by atoms with Crippen molar-refractivity contribution in [2.24, 2.45) is 0 Å². The highest BCUT2D eigenvalue weighted by Gasteiger charge is 2.12. The van der Waals surface area contributed by atoms with Crippen LogP contribution < -0.4 is 5.32 Å². The Morgan fingerprint density at radius 3 is 2.54 bits per heavy atom. The quantitative estimate of drug-likeness (QED) is 0.628. The number of amides is 1. The minimum atomic E-state index is -0.462. The van der Waals surface area contributed by atoms with Crippen molar-refractivity contribution in [3.63, 3.8) is 0 Å². The molecule has 126 valence electrons. The Kier molecular flexibility index (Phi) is 6.55. The average Bonchev–Trinajstić information content (AvgIpc) is 2.59. The molecule has 0 aliphatic carbocycles. The molecule has 0 unspecified atom stereocenters. The van der Waals surface area contributed by atoms with Crippen LogP contribution in [0.4, 0.5) is 0 Å². The largest absolute Gasteiger partial charge is 0.452 e. The number of rotatable bonds is 7. The van der Waals surface area contributed by atoms with E-state index >= 15 is 0 Å². The lowest BCUT2D eigenvalue weighted by Gasteiger charge is -2.09. The molecule has 1 N–H and O–H groups in total. The van der Waals surface area contributed by atoms with Crippen LogP contribution in [-0.2, 0) is 16.0 Å². The second kappa shape index (κ2) is 8.87. The van der Waals surface area contributed by atoms with Gasteiger partial charge < -0.3 is 10.1 Å².